The lowest BCUT2D eigenvalue weighted by molar-refractivity contribution is -0.136. The first-order valence-electron chi connectivity index (χ1n) is 9.42. The van der Waals surface area contributed by atoms with E-state index in [1.807, 2.05) is 11.1 Å². The normalized spacial score (nSPS) is 18.8. The van der Waals surface area contributed by atoms with Crippen molar-refractivity contribution >= 4 is 17.4 Å². The number of ether oxygens (including phenoxy) is 1. The highest BCUT2D eigenvalue weighted by Crippen LogP contribution is 2.22. The first-order chi connectivity index (χ1) is 12.2. The van der Waals surface area contributed by atoms with Crippen molar-refractivity contribution in [1.29, 1.82) is 0 Å². The fourth-order valence-corrected chi connectivity index (χ4v) is 3.55. The van der Waals surface area contributed by atoms with Crippen LogP contribution < -0.4 is 9.80 Å². The summed E-state index contributed by atoms with van der Waals surface area (Å²) in [5, 5.41) is 8.50. The number of rotatable bonds is 5. The second kappa shape index (κ2) is 8.47. The van der Waals surface area contributed by atoms with Crippen LogP contribution in [0.25, 0.3) is 0 Å². The Hall–Kier alpha value is -1.89. The van der Waals surface area contributed by atoms with E-state index >= 15 is 0 Å². The number of morpholine rings is 1. The van der Waals surface area contributed by atoms with Crippen LogP contribution >= 0.6 is 0 Å². The molecule has 0 spiro atoms. The molecule has 2 saturated heterocycles. The van der Waals surface area contributed by atoms with Crippen molar-refractivity contribution in [3.05, 3.63) is 12.3 Å². The third-order valence-corrected chi connectivity index (χ3v) is 5.25. The molecule has 1 aromatic rings. The van der Waals surface area contributed by atoms with Gasteiger partial charge in [-0.15, -0.1) is 5.10 Å². The van der Waals surface area contributed by atoms with Gasteiger partial charge in [0, 0.05) is 51.3 Å². The molecule has 138 valence electrons. The van der Waals surface area contributed by atoms with E-state index in [1.54, 1.807) is 0 Å². The van der Waals surface area contributed by atoms with E-state index in [2.05, 4.69) is 39.9 Å². The summed E-state index contributed by atoms with van der Waals surface area (Å²) >= 11 is 0. The highest BCUT2D eigenvalue weighted by Gasteiger charge is 2.26. The van der Waals surface area contributed by atoms with Crippen molar-refractivity contribution in [3.8, 4) is 0 Å². The summed E-state index contributed by atoms with van der Waals surface area (Å²) in [4.78, 5) is 19.0. The molecule has 1 amide bonds. The summed E-state index contributed by atoms with van der Waals surface area (Å²) in [5.41, 5.74) is 1.10. The second-order valence-electron chi connectivity index (χ2n) is 6.70. The second-order valence-corrected chi connectivity index (χ2v) is 6.70. The predicted octanol–water partition coefficient (Wildman–Crippen LogP) is 1.40. The number of anilines is 2. The molecule has 0 saturated carbocycles. The Morgan fingerprint density at radius 3 is 2.40 bits per heavy atom. The zero-order valence-electron chi connectivity index (χ0n) is 15.4. The van der Waals surface area contributed by atoms with Crippen molar-refractivity contribution in [3.63, 3.8) is 0 Å². The summed E-state index contributed by atoms with van der Waals surface area (Å²) < 4.78 is 5.41. The average Bonchev–Trinajstić information content (AvgIpc) is 2.70. The molecular weight excluding hydrogens is 318 g/mol. The number of nitrogens with zero attached hydrogens (tertiary/aromatic N) is 5. The van der Waals surface area contributed by atoms with Crippen LogP contribution in [0.3, 0.4) is 0 Å². The molecule has 0 bridgehead atoms. The molecule has 7 heteroatoms. The predicted molar refractivity (Wildman–Crippen MR) is 97.9 cm³/mol. The molecule has 7 nitrogen and oxygen atoms in total. The van der Waals surface area contributed by atoms with Gasteiger partial charge in [-0.1, -0.05) is 13.8 Å². The van der Waals surface area contributed by atoms with Crippen LogP contribution in [-0.2, 0) is 9.53 Å². The van der Waals surface area contributed by atoms with Crippen molar-refractivity contribution in [2.75, 3.05) is 62.3 Å². The summed E-state index contributed by atoms with van der Waals surface area (Å²) in [6.07, 6.45) is 3.66. The highest BCUT2D eigenvalue weighted by molar-refractivity contribution is 5.79. The van der Waals surface area contributed by atoms with Gasteiger partial charge in [0.05, 0.1) is 25.1 Å². The smallest absolute Gasteiger partial charge is 0.225 e. The number of amides is 1. The molecule has 0 aromatic carbocycles. The van der Waals surface area contributed by atoms with E-state index in [0.29, 0.717) is 5.91 Å². The summed E-state index contributed by atoms with van der Waals surface area (Å²) in [6, 6.07) is 2.11. The Kier molecular flexibility index (Phi) is 6.07. The van der Waals surface area contributed by atoms with Gasteiger partial charge in [0.2, 0.25) is 5.91 Å². The Bertz CT molecular complexity index is 564. The first kappa shape index (κ1) is 17.9. The van der Waals surface area contributed by atoms with Crippen LogP contribution in [0.4, 0.5) is 11.5 Å². The lowest BCUT2D eigenvalue weighted by Crippen LogP contribution is -2.50. The van der Waals surface area contributed by atoms with Gasteiger partial charge in [-0.2, -0.15) is 5.10 Å². The van der Waals surface area contributed by atoms with Crippen LogP contribution in [0.1, 0.15) is 26.7 Å². The van der Waals surface area contributed by atoms with Gasteiger partial charge in [0.25, 0.3) is 0 Å². The maximum Gasteiger partial charge on any atom is 0.225 e. The van der Waals surface area contributed by atoms with E-state index in [-0.39, 0.29) is 5.92 Å². The molecule has 0 radical (unpaired) electrons. The number of carbonyl (C=O) groups excluding carboxylic acids is 1. The molecule has 2 aliphatic rings. The number of hydrogen-bond donors (Lipinski definition) is 0. The van der Waals surface area contributed by atoms with Crippen LogP contribution in [0.15, 0.2) is 12.3 Å². The maximum absolute atomic E-state index is 12.5. The molecule has 0 N–H and O–H groups in total. The lowest BCUT2D eigenvalue weighted by atomic mass is 10.0. The fourth-order valence-electron chi connectivity index (χ4n) is 3.55. The number of hydrogen-bond acceptors (Lipinski definition) is 6. The largest absolute Gasteiger partial charge is 0.378 e. The van der Waals surface area contributed by atoms with Gasteiger partial charge in [-0.25, -0.2) is 0 Å². The monoisotopic (exact) mass is 347 g/mol. The Balaban J connectivity index is 1.60. The third-order valence-electron chi connectivity index (χ3n) is 5.25. The van der Waals surface area contributed by atoms with Crippen LogP contribution in [0.5, 0.6) is 0 Å². The lowest BCUT2D eigenvalue weighted by Gasteiger charge is -2.37. The summed E-state index contributed by atoms with van der Waals surface area (Å²) in [6.45, 7) is 10.6. The highest BCUT2D eigenvalue weighted by atomic mass is 16.5. The van der Waals surface area contributed by atoms with Crippen molar-refractivity contribution < 1.29 is 9.53 Å². The summed E-state index contributed by atoms with van der Waals surface area (Å²) in [7, 11) is 0. The minimum atomic E-state index is 0.163. The molecular formula is C18H29N5O2. The summed E-state index contributed by atoms with van der Waals surface area (Å²) in [5.74, 6) is 1.37. The molecule has 1 aromatic heterocycles. The zero-order chi connectivity index (χ0) is 17.6. The Labute approximate surface area is 149 Å². The van der Waals surface area contributed by atoms with Crippen LogP contribution in [0.2, 0.25) is 0 Å². The van der Waals surface area contributed by atoms with Gasteiger partial charge in [0.1, 0.15) is 0 Å². The Morgan fingerprint density at radius 1 is 1.08 bits per heavy atom. The van der Waals surface area contributed by atoms with Crippen molar-refractivity contribution in [1.82, 2.24) is 15.1 Å². The van der Waals surface area contributed by atoms with Crippen molar-refractivity contribution in [2.24, 2.45) is 5.92 Å². The molecule has 3 rings (SSSR count). The van der Waals surface area contributed by atoms with E-state index in [0.717, 1.165) is 76.8 Å². The van der Waals surface area contributed by atoms with Crippen LogP contribution in [0, 0.1) is 5.92 Å². The molecule has 2 fully saturated rings. The average molecular weight is 347 g/mol. The Morgan fingerprint density at radius 2 is 1.76 bits per heavy atom. The molecule has 2 aliphatic heterocycles. The van der Waals surface area contributed by atoms with Crippen molar-refractivity contribution in [2.45, 2.75) is 26.7 Å². The minimum absolute atomic E-state index is 0.163. The first-order valence-corrected chi connectivity index (χ1v) is 9.42. The van der Waals surface area contributed by atoms with Gasteiger partial charge >= 0.3 is 0 Å². The molecule has 0 unspecified atom stereocenters. The third kappa shape index (κ3) is 4.21. The van der Waals surface area contributed by atoms with E-state index < -0.39 is 0 Å². The number of aromatic nitrogens is 2. The van der Waals surface area contributed by atoms with E-state index in [4.69, 9.17) is 4.74 Å². The fraction of sp³-hybridized carbons (Fsp3) is 0.722. The van der Waals surface area contributed by atoms with Gasteiger partial charge in [-0.3, -0.25) is 4.79 Å². The molecule has 0 aliphatic carbocycles. The van der Waals surface area contributed by atoms with E-state index in [9.17, 15) is 4.79 Å². The topological polar surface area (TPSA) is 61.8 Å². The SMILES string of the molecule is CCC(CC)C(=O)N1CCN(c2cc(N3CCOCC3)cnn2)CC1. The van der Waals surface area contributed by atoms with Gasteiger partial charge in [0.15, 0.2) is 5.82 Å². The molecule has 0 atom stereocenters. The number of carbonyl (C=O) groups is 1. The van der Waals surface area contributed by atoms with E-state index in [1.165, 1.54) is 0 Å². The van der Waals surface area contributed by atoms with Gasteiger partial charge < -0.3 is 19.4 Å². The van der Waals surface area contributed by atoms with Crippen LogP contribution in [-0.4, -0.2) is 73.5 Å². The van der Waals surface area contributed by atoms with Gasteiger partial charge in [-0.05, 0) is 12.8 Å². The standard InChI is InChI=1S/C18H29N5O2/c1-3-15(4-2)18(24)23-7-5-22(6-8-23)17-13-16(14-19-20-17)21-9-11-25-12-10-21/h13-15H,3-12H2,1-2H3. The zero-order valence-corrected chi connectivity index (χ0v) is 15.4. The number of piperazine rings is 1. The quantitative estimate of drug-likeness (QED) is 0.802. The molecule has 3 heterocycles. The molecule has 25 heavy (non-hydrogen) atoms. The maximum atomic E-state index is 12.5. The minimum Gasteiger partial charge on any atom is -0.378 e.